The van der Waals surface area contributed by atoms with E-state index in [1.807, 2.05) is 11.8 Å². The summed E-state index contributed by atoms with van der Waals surface area (Å²) in [6.45, 7) is 3.14. The molecule has 0 spiro atoms. The van der Waals surface area contributed by atoms with Gasteiger partial charge in [-0.25, -0.2) is 0 Å². The third kappa shape index (κ3) is 5.78. The summed E-state index contributed by atoms with van der Waals surface area (Å²) in [5.41, 5.74) is 0. The Morgan fingerprint density at radius 3 is 2.83 bits per heavy atom. The topological polar surface area (TPSA) is 50.4 Å². The average Bonchev–Trinajstić information content (AvgIpc) is 2.39. The Hall–Kier alpha value is 0.0300. The monoisotopic (exact) mass is 294 g/mol. The third-order valence-corrected chi connectivity index (χ3v) is 4.41. The molecule has 0 aliphatic carbocycles. The van der Waals surface area contributed by atoms with E-state index >= 15 is 0 Å². The van der Waals surface area contributed by atoms with Crippen molar-refractivity contribution in [3.8, 4) is 0 Å². The molecule has 106 valence electrons. The van der Waals surface area contributed by atoms with Gasteiger partial charge < -0.3 is 15.4 Å². The van der Waals surface area contributed by atoms with Gasteiger partial charge in [-0.2, -0.15) is 11.8 Å². The maximum absolute atomic E-state index is 11.7. The van der Waals surface area contributed by atoms with Crippen molar-refractivity contribution < 1.29 is 9.53 Å². The van der Waals surface area contributed by atoms with E-state index in [2.05, 4.69) is 10.6 Å². The molecule has 0 saturated carbocycles. The molecule has 2 heterocycles. The van der Waals surface area contributed by atoms with Crippen molar-refractivity contribution in [2.45, 2.75) is 25.3 Å². The van der Waals surface area contributed by atoms with Gasteiger partial charge >= 0.3 is 0 Å². The van der Waals surface area contributed by atoms with Crippen LogP contribution in [0.2, 0.25) is 0 Å². The highest BCUT2D eigenvalue weighted by atomic mass is 35.5. The van der Waals surface area contributed by atoms with E-state index < -0.39 is 0 Å². The second-order valence-corrected chi connectivity index (χ2v) is 6.01. The zero-order valence-electron chi connectivity index (χ0n) is 10.7. The number of rotatable bonds is 4. The first-order valence-electron chi connectivity index (χ1n) is 6.50. The van der Waals surface area contributed by atoms with Gasteiger partial charge in [-0.05, 0) is 30.3 Å². The number of ether oxygens (including phenoxy) is 1. The minimum Gasteiger partial charge on any atom is -0.378 e. The normalized spacial score (nSPS) is 25.2. The predicted molar refractivity (Wildman–Crippen MR) is 77.5 cm³/mol. The molecule has 0 bridgehead atoms. The van der Waals surface area contributed by atoms with Gasteiger partial charge in [-0.3, -0.25) is 4.79 Å². The van der Waals surface area contributed by atoms with Gasteiger partial charge in [0, 0.05) is 25.6 Å². The quantitative estimate of drug-likeness (QED) is 0.814. The first-order valence-corrected chi connectivity index (χ1v) is 7.65. The van der Waals surface area contributed by atoms with Gasteiger partial charge in [0.1, 0.15) is 0 Å². The van der Waals surface area contributed by atoms with E-state index in [0.717, 1.165) is 19.7 Å². The molecule has 6 heteroatoms. The van der Waals surface area contributed by atoms with E-state index in [4.69, 9.17) is 4.74 Å². The Labute approximate surface area is 119 Å². The van der Waals surface area contributed by atoms with Gasteiger partial charge in [0.25, 0.3) is 0 Å². The van der Waals surface area contributed by atoms with Crippen molar-refractivity contribution in [2.24, 2.45) is 5.92 Å². The molecule has 2 N–H and O–H groups in total. The predicted octanol–water partition coefficient (Wildman–Crippen LogP) is 1.05. The Balaban J connectivity index is 0.00000162. The molecule has 18 heavy (non-hydrogen) atoms. The Kier molecular flexibility index (Phi) is 8.06. The molecule has 1 unspecified atom stereocenters. The minimum atomic E-state index is 0. The van der Waals surface area contributed by atoms with E-state index in [0.29, 0.717) is 18.9 Å². The molecule has 1 amide bonds. The Morgan fingerprint density at radius 2 is 2.17 bits per heavy atom. The van der Waals surface area contributed by atoms with Crippen LogP contribution in [0.3, 0.4) is 0 Å². The Bertz CT molecular complexity index is 244. The maximum atomic E-state index is 11.7. The summed E-state index contributed by atoms with van der Waals surface area (Å²) in [6.07, 6.45) is 3.03. The molecule has 2 saturated heterocycles. The van der Waals surface area contributed by atoms with Crippen LogP contribution in [0.15, 0.2) is 0 Å². The summed E-state index contributed by atoms with van der Waals surface area (Å²) in [4.78, 5) is 11.7. The van der Waals surface area contributed by atoms with Crippen LogP contribution < -0.4 is 10.6 Å². The van der Waals surface area contributed by atoms with Crippen LogP contribution in [-0.4, -0.2) is 49.8 Å². The number of morpholine rings is 1. The second-order valence-electron chi connectivity index (χ2n) is 4.79. The molecule has 2 fully saturated rings. The van der Waals surface area contributed by atoms with E-state index in [1.54, 1.807) is 0 Å². The number of thioether (sulfide) groups is 1. The lowest BCUT2D eigenvalue weighted by atomic mass is 10.0. The molecule has 2 aliphatic rings. The first-order chi connectivity index (χ1) is 8.34. The van der Waals surface area contributed by atoms with Crippen LogP contribution in [0.4, 0.5) is 0 Å². The summed E-state index contributed by atoms with van der Waals surface area (Å²) >= 11 is 2.02. The van der Waals surface area contributed by atoms with Crippen LogP contribution in [0.25, 0.3) is 0 Å². The van der Waals surface area contributed by atoms with E-state index in [9.17, 15) is 4.79 Å². The number of nitrogens with one attached hydrogen (secondary N) is 2. The fourth-order valence-electron chi connectivity index (χ4n) is 2.26. The standard InChI is InChI=1S/C12H22N2O2S.ClH/c15-12(7-11-9-16-4-3-13-11)14-8-10-1-5-17-6-2-10;/h10-11,13H,1-9H2,(H,14,15);1H. The molecule has 4 nitrogen and oxygen atoms in total. The summed E-state index contributed by atoms with van der Waals surface area (Å²) in [5.74, 6) is 3.35. The van der Waals surface area contributed by atoms with Crippen molar-refractivity contribution in [1.29, 1.82) is 0 Å². The van der Waals surface area contributed by atoms with E-state index in [-0.39, 0.29) is 24.4 Å². The van der Waals surface area contributed by atoms with Gasteiger partial charge in [-0.15, -0.1) is 12.4 Å². The Morgan fingerprint density at radius 1 is 1.39 bits per heavy atom. The van der Waals surface area contributed by atoms with Crippen molar-refractivity contribution in [2.75, 3.05) is 37.8 Å². The average molecular weight is 295 g/mol. The molecule has 0 aromatic rings. The van der Waals surface area contributed by atoms with Crippen LogP contribution in [-0.2, 0) is 9.53 Å². The van der Waals surface area contributed by atoms with Crippen LogP contribution in [0.1, 0.15) is 19.3 Å². The number of carbonyl (C=O) groups excluding carboxylic acids is 1. The first kappa shape index (κ1) is 16.1. The number of hydrogen-bond donors (Lipinski definition) is 2. The fourth-order valence-corrected chi connectivity index (χ4v) is 3.46. The van der Waals surface area contributed by atoms with Gasteiger partial charge in [-0.1, -0.05) is 0 Å². The highest BCUT2D eigenvalue weighted by Gasteiger charge is 2.18. The summed E-state index contributed by atoms with van der Waals surface area (Å²) in [6, 6.07) is 0.200. The van der Waals surface area contributed by atoms with Crippen molar-refractivity contribution in [3.05, 3.63) is 0 Å². The molecular formula is C12H23ClN2O2S. The molecular weight excluding hydrogens is 272 g/mol. The summed E-state index contributed by atoms with van der Waals surface area (Å²) in [5, 5.41) is 6.35. The van der Waals surface area contributed by atoms with Gasteiger partial charge in [0.05, 0.1) is 13.2 Å². The number of hydrogen-bond acceptors (Lipinski definition) is 4. The van der Waals surface area contributed by atoms with Crippen molar-refractivity contribution >= 4 is 30.1 Å². The van der Waals surface area contributed by atoms with E-state index in [1.165, 1.54) is 24.3 Å². The molecule has 0 aromatic heterocycles. The zero-order valence-corrected chi connectivity index (χ0v) is 12.3. The minimum absolute atomic E-state index is 0. The second kappa shape index (κ2) is 9.02. The number of carbonyl (C=O) groups is 1. The van der Waals surface area contributed by atoms with Crippen molar-refractivity contribution in [3.63, 3.8) is 0 Å². The van der Waals surface area contributed by atoms with Gasteiger partial charge in [0.2, 0.25) is 5.91 Å². The molecule has 0 aromatic carbocycles. The van der Waals surface area contributed by atoms with Crippen LogP contribution in [0.5, 0.6) is 0 Å². The lowest BCUT2D eigenvalue weighted by Gasteiger charge is -2.24. The lowest BCUT2D eigenvalue weighted by molar-refractivity contribution is -0.122. The number of amides is 1. The molecule has 2 rings (SSSR count). The number of halogens is 1. The van der Waals surface area contributed by atoms with Crippen molar-refractivity contribution in [1.82, 2.24) is 10.6 Å². The lowest BCUT2D eigenvalue weighted by Crippen LogP contribution is -2.44. The van der Waals surface area contributed by atoms with Gasteiger partial charge in [0.15, 0.2) is 0 Å². The molecule has 2 aliphatic heterocycles. The highest BCUT2D eigenvalue weighted by Crippen LogP contribution is 2.21. The maximum Gasteiger partial charge on any atom is 0.221 e. The largest absolute Gasteiger partial charge is 0.378 e. The zero-order chi connectivity index (χ0) is 11.9. The third-order valence-electron chi connectivity index (χ3n) is 3.36. The van der Waals surface area contributed by atoms with Crippen LogP contribution in [0, 0.1) is 5.92 Å². The molecule has 0 radical (unpaired) electrons. The van der Waals surface area contributed by atoms with Crippen LogP contribution >= 0.6 is 24.2 Å². The summed E-state index contributed by atoms with van der Waals surface area (Å²) < 4.78 is 5.33. The molecule has 1 atom stereocenters. The fraction of sp³-hybridized carbons (Fsp3) is 0.917. The summed E-state index contributed by atoms with van der Waals surface area (Å²) in [7, 11) is 0. The smallest absolute Gasteiger partial charge is 0.221 e. The highest BCUT2D eigenvalue weighted by molar-refractivity contribution is 7.99. The SMILES string of the molecule is Cl.O=C(CC1COCCN1)NCC1CCSCC1.